The minimum absolute atomic E-state index is 0.0750. The number of aryl methyl sites for hydroxylation is 1. The number of allylic oxidation sites excluding steroid dienone is 1. The normalized spacial score (nSPS) is 27.4. The van der Waals surface area contributed by atoms with Crippen molar-refractivity contribution in [3.05, 3.63) is 70.6 Å². The van der Waals surface area contributed by atoms with E-state index in [1.807, 2.05) is 25.1 Å². The number of pyridine rings is 1. The molecule has 1 heterocycles. The lowest BCUT2D eigenvalue weighted by atomic mass is 9.55. The van der Waals surface area contributed by atoms with Crippen molar-refractivity contribution < 1.29 is 9.90 Å². The summed E-state index contributed by atoms with van der Waals surface area (Å²) in [4.78, 5) is 17.3. The predicted molar refractivity (Wildman–Crippen MR) is 122 cm³/mol. The Labute approximate surface area is 180 Å². The lowest BCUT2D eigenvalue weighted by Crippen LogP contribution is -2.48. The van der Waals surface area contributed by atoms with Gasteiger partial charge in [-0.25, -0.2) is 0 Å². The van der Waals surface area contributed by atoms with Crippen LogP contribution in [-0.4, -0.2) is 21.5 Å². The molecule has 0 saturated heterocycles. The molecular formula is C27H33NO2. The summed E-state index contributed by atoms with van der Waals surface area (Å²) in [5.41, 5.74) is 4.74. The Bertz CT molecular complexity index is 979. The number of rotatable bonds is 6. The van der Waals surface area contributed by atoms with Gasteiger partial charge in [-0.3, -0.25) is 9.78 Å². The maximum atomic E-state index is 13.0. The molecule has 0 radical (unpaired) electrons. The summed E-state index contributed by atoms with van der Waals surface area (Å²) in [6.07, 6.45) is 12.3. The number of aromatic nitrogens is 1. The number of aliphatic hydroxyl groups is 1. The van der Waals surface area contributed by atoms with Gasteiger partial charge in [-0.05, 0) is 73.8 Å². The third-order valence-electron chi connectivity index (χ3n) is 7.58. The van der Waals surface area contributed by atoms with E-state index in [9.17, 15) is 9.90 Å². The van der Waals surface area contributed by atoms with Crippen molar-refractivity contribution in [2.24, 2.45) is 5.92 Å². The summed E-state index contributed by atoms with van der Waals surface area (Å²) in [6, 6.07) is 10.1. The van der Waals surface area contributed by atoms with Crippen LogP contribution in [0.25, 0.3) is 6.08 Å². The average molecular weight is 404 g/mol. The van der Waals surface area contributed by atoms with Crippen molar-refractivity contribution in [2.45, 2.75) is 76.7 Å². The molecule has 4 rings (SSSR count). The molecule has 0 amide bonds. The van der Waals surface area contributed by atoms with Crippen molar-refractivity contribution in [3.63, 3.8) is 0 Å². The van der Waals surface area contributed by atoms with E-state index in [1.54, 1.807) is 6.20 Å². The fraction of sp³-hybridized carbons (Fsp3) is 0.481. The van der Waals surface area contributed by atoms with Gasteiger partial charge >= 0.3 is 0 Å². The highest BCUT2D eigenvalue weighted by Gasteiger charge is 2.49. The number of carbonyl (C=O) groups is 1. The van der Waals surface area contributed by atoms with Crippen LogP contribution in [-0.2, 0) is 11.8 Å². The standard InChI is InChI=1S/C27H33NO2/c1-4-12-26(30)13-14-27(5-2)23(18-26)10-8-21-16-22(9-11-24(21)27)25(29)17-20-7-6-15-28-19(20)3/h6-11,15-16,23,30H,4-5,12-14,17-18H2,1-3H3/t23-,26+,27+/m0/s1. The van der Waals surface area contributed by atoms with Crippen molar-refractivity contribution in [1.82, 2.24) is 4.98 Å². The van der Waals surface area contributed by atoms with Crippen LogP contribution in [0.1, 0.15) is 85.1 Å². The summed E-state index contributed by atoms with van der Waals surface area (Å²) in [5.74, 6) is 0.496. The van der Waals surface area contributed by atoms with Gasteiger partial charge in [-0.15, -0.1) is 0 Å². The van der Waals surface area contributed by atoms with Gasteiger partial charge < -0.3 is 5.11 Å². The third-order valence-corrected chi connectivity index (χ3v) is 7.58. The number of hydrogen-bond acceptors (Lipinski definition) is 3. The van der Waals surface area contributed by atoms with Crippen LogP contribution < -0.4 is 0 Å². The summed E-state index contributed by atoms with van der Waals surface area (Å²) in [7, 11) is 0. The molecule has 1 saturated carbocycles. The van der Waals surface area contributed by atoms with Gasteiger partial charge in [0.1, 0.15) is 0 Å². The summed E-state index contributed by atoms with van der Waals surface area (Å²) >= 11 is 0. The van der Waals surface area contributed by atoms with Crippen LogP contribution in [0.5, 0.6) is 0 Å². The smallest absolute Gasteiger partial charge is 0.167 e. The number of hydrogen-bond donors (Lipinski definition) is 1. The fourth-order valence-corrected chi connectivity index (χ4v) is 5.78. The van der Waals surface area contributed by atoms with E-state index < -0.39 is 5.60 Å². The number of ketones is 1. The molecule has 1 aromatic heterocycles. The number of benzene rings is 1. The topological polar surface area (TPSA) is 50.2 Å². The highest BCUT2D eigenvalue weighted by Crippen LogP contribution is 2.54. The third kappa shape index (κ3) is 3.65. The van der Waals surface area contributed by atoms with Gasteiger partial charge in [-0.2, -0.15) is 0 Å². The summed E-state index contributed by atoms with van der Waals surface area (Å²) in [5, 5.41) is 11.1. The van der Waals surface area contributed by atoms with E-state index in [2.05, 4.69) is 43.1 Å². The summed E-state index contributed by atoms with van der Waals surface area (Å²) < 4.78 is 0. The maximum Gasteiger partial charge on any atom is 0.167 e. The Morgan fingerprint density at radius 3 is 2.80 bits per heavy atom. The number of fused-ring (bicyclic) bond motifs is 3. The zero-order valence-electron chi connectivity index (χ0n) is 18.4. The minimum atomic E-state index is -0.530. The molecule has 3 heteroatoms. The first kappa shape index (κ1) is 21.0. The Hall–Kier alpha value is -2.26. The van der Waals surface area contributed by atoms with Crippen LogP contribution >= 0.6 is 0 Å². The van der Waals surface area contributed by atoms with E-state index in [1.165, 1.54) is 11.1 Å². The summed E-state index contributed by atoms with van der Waals surface area (Å²) in [6.45, 7) is 6.37. The lowest BCUT2D eigenvalue weighted by Gasteiger charge is -2.51. The van der Waals surface area contributed by atoms with Crippen molar-refractivity contribution >= 4 is 11.9 Å². The molecule has 2 aliphatic carbocycles. The molecule has 3 nitrogen and oxygen atoms in total. The van der Waals surface area contributed by atoms with Crippen molar-refractivity contribution in [2.75, 3.05) is 0 Å². The maximum absolute atomic E-state index is 13.0. The van der Waals surface area contributed by atoms with Gasteiger partial charge in [0.25, 0.3) is 0 Å². The molecule has 2 aliphatic rings. The first-order valence-corrected chi connectivity index (χ1v) is 11.4. The zero-order valence-corrected chi connectivity index (χ0v) is 18.4. The van der Waals surface area contributed by atoms with E-state index in [-0.39, 0.29) is 11.2 Å². The van der Waals surface area contributed by atoms with E-state index in [4.69, 9.17) is 0 Å². The average Bonchev–Trinajstić information content (AvgIpc) is 2.74. The first-order valence-electron chi connectivity index (χ1n) is 11.4. The van der Waals surface area contributed by atoms with Crippen LogP contribution in [0.15, 0.2) is 42.6 Å². The molecule has 0 unspecified atom stereocenters. The van der Waals surface area contributed by atoms with Gasteiger partial charge in [0, 0.05) is 29.3 Å². The predicted octanol–water partition coefficient (Wildman–Crippen LogP) is 5.82. The Balaban J connectivity index is 1.62. The molecule has 1 fully saturated rings. The highest BCUT2D eigenvalue weighted by atomic mass is 16.3. The SMILES string of the molecule is CCC[C@@]1(O)CC[C@@]2(CC)c3ccc(C(=O)Cc4cccnc4C)cc3C=C[C@H]2C1. The quantitative estimate of drug-likeness (QED) is 0.618. The molecule has 1 N–H and O–H groups in total. The van der Waals surface area contributed by atoms with Crippen molar-refractivity contribution in [3.8, 4) is 0 Å². The first-order chi connectivity index (χ1) is 14.4. The van der Waals surface area contributed by atoms with Gasteiger partial charge in [-0.1, -0.05) is 50.6 Å². The molecular weight excluding hydrogens is 370 g/mol. The molecule has 30 heavy (non-hydrogen) atoms. The Morgan fingerprint density at radius 2 is 2.07 bits per heavy atom. The number of nitrogens with zero attached hydrogens (tertiary/aromatic N) is 1. The largest absolute Gasteiger partial charge is 0.390 e. The molecule has 158 valence electrons. The minimum Gasteiger partial charge on any atom is -0.390 e. The van der Waals surface area contributed by atoms with Crippen LogP contribution in [0.4, 0.5) is 0 Å². The molecule has 1 aromatic carbocycles. The molecule has 0 bridgehead atoms. The number of carbonyl (C=O) groups excluding carboxylic acids is 1. The van der Waals surface area contributed by atoms with E-state index in [0.717, 1.165) is 55.3 Å². The highest BCUT2D eigenvalue weighted by molar-refractivity contribution is 5.98. The fourth-order valence-electron chi connectivity index (χ4n) is 5.78. The molecule has 3 atom stereocenters. The van der Waals surface area contributed by atoms with Crippen LogP contribution in [0, 0.1) is 12.8 Å². The van der Waals surface area contributed by atoms with Gasteiger partial charge in [0.05, 0.1) is 5.60 Å². The second-order valence-corrected chi connectivity index (χ2v) is 9.30. The second-order valence-electron chi connectivity index (χ2n) is 9.30. The monoisotopic (exact) mass is 403 g/mol. The lowest BCUT2D eigenvalue weighted by molar-refractivity contribution is -0.0426. The van der Waals surface area contributed by atoms with E-state index in [0.29, 0.717) is 12.3 Å². The molecule has 0 spiro atoms. The molecule has 0 aliphatic heterocycles. The zero-order chi connectivity index (χ0) is 21.4. The van der Waals surface area contributed by atoms with Gasteiger partial charge in [0.15, 0.2) is 5.78 Å². The van der Waals surface area contributed by atoms with Crippen LogP contribution in [0.3, 0.4) is 0 Å². The number of Topliss-reactive ketones (excluding diaryl/α,β-unsaturated/α-hetero) is 1. The van der Waals surface area contributed by atoms with E-state index >= 15 is 0 Å². The van der Waals surface area contributed by atoms with Crippen LogP contribution in [0.2, 0.25) is 0 Å². The van der Waals surface area contributed by atoms with Gasteiger partial charge in [0.2, 0.25) is 0 Å². The Morgan fingerprint density at radius 1 is 1.23 bits per heavy atom. The van der Waals surface area contributed by atoms with Crippen molar-refractivity contribution in [1.29, 1.82) is 0 Å². The Kier molecular flexibility index (Phi) is 5.67. The molecule has 2 aromatic rings. The second kappa shape index (κ2) is 8.11.